The van der Waals surface area contributed by atoms with Crippen molar-refractivity contribution in [2.75, 3.05) is 20.3 Å². The fourth-order valence-corrected chi connectivity index (χ4v) is 2.38. The predicted octanol–water partition coefficient (Wildman–Crippen LogP) is 2.48. The number of carbonyl (C=O) groups is 1. The van der Waals surface area contributed by atoms with Crippen molar-refractivity contribution in [2.24, 2.45) is 0 Å². The van der Waals surface area contributed by atoms with Crippen LogP contribution in [0.4, 0.5) is 0 Å². The second-order valence-electron chi connectivity index (χ2n) is 5.41. The number of carbonyl (C=O) groups excluding carboxylic acids is 1. The van der Waals surface area contributed by atoms with Gasteiger partial charge in [-0.25, -0.2) is 0 Å². The molecule has 0 fully saturated rings. The summed E-state index contributed by atoms with van der Waals surface area (Å²) in [6.07, 6.45) is -0.660. The maximum Gasteiger partial charge on any atom is 0.263 e. The van der Waals surface area contributed by atoms with Crippen molar-refractivity contribution in [1.82, 2.24) is 4.90 Å². The summed E-state index contributed by atoms with van der Waals surface area (Å²) in [7, 11) is 1.58. The molecule has 0 aliphatic heterocycles. The van der Waals surface area contributed by atoms with E-state index < -0.39 is 6.10 Å². The molecule has 5 heteroatoms. The van der Waals surface area contributed by atoms with E-state index in [9.17, 15) is 9.90 Å². The molecule has 0 saturated heterocycles. The number of aliphatic hydroxyl groups is 1. The van der Waals surface area contributed by atoms with Gasteiger partial charge in [-0.3, -0.25) is 4.79 Å². The lowest BCUT2D eigenvalue weighted by molar-refractivity contribution is -0.139. The molecule has 128 valence electrons. The van der Waals surface area contributed by atoms with Gasteiger partial charge in [0.05, 0.1) is 13.7 Å². The van der Waals surface area contributed by atoms with Gasteiger partial charge in [0.15, 0.2) is 6.10 Å². The number of hydrogen-bond acceptors (Lipinski definition) is 4. The summed E-state index contributed by atoms with van der Waals surface area (Å²) in [5, 5.41) is 9.25. The highest BCUT2D eigenvalue weighted by Crippen LogP contribution is 2.20. The van der Waals surface area contributed by atoms with Gasteiger partial charge >= 0.3 is 0 Å². The number of rotatable bonds is 8. The quantitative estimate of drug-likeness (QED) is 0.808. The van der Waals surface area contributed by atoms with Crippen LogP contribution in [0.2, 0.25) is 0 Å². The number of methoxy groups -OCH3 is 1. The lowest BCUT2D eigenvalue weighted by Crippen LogP contribution is -2.41. The van der Waals surface area contributed by atoms with Crippen LogP contribution in [0.15, 0.2) is 54.6 Å². The van der Waals surface area contributed by atoms with E-state index in [0.717, 1.165) is 5.56 Å². The monoisotopic (exact) mass is 329 g/mol. The Kier molecular flexibility index (Phi) is 6.63. The summed E-state index contributed by atoms with van der Waals surface area (Å²) in [6, 6.07) is 16.8. The minimum absolute atomic E-state index is 0.0928. The largest absolute Gasteiger partial charge is 0.497 e. The molecule has 2 aromatic rings. The molecule has 1 unspecified atom stereocenters. The van der Waals surface area contributed by atoms with Gasteiger partial charge in [-0.05, 0) is 24.6 Å². The number of aliphatic hydroxyl groups excluding tert-OH is 1. The summed E-state index contributed by atoms with van der Waals surface area (Å²) >= 11 is 0. The Labute approximate surface area is 142 Å². The van der Waals surface area contributed by atoms with Gasteiger partial charge in [0.1, 0.15) is 11.5 Å². The van der Waals surface area contributed by atoms with E-state index in [1.807, 2.05) is 36.4 Å². The van der Waals surface area contributed by atoms with E-state index in [-0.39, 0.29) is 19.1 Å². The fraction of sp³-hybridized carbons (Fsp3) is 0.316. The van der Waals surface area contributed by atoms with Crippen molar-refractivity contribution >= 4 is 5.91 Å². The summed E-state index contributed by atoms with van der Waals surface area (Å²) in [5.74, 6) is 1.07. The number of nitrogens with zero attached hydrogens (tertiary/aromatic N) is 1. The van der Waals surface area contributed by atoms with Crippen molar-refractivity contribution in [2.45, 2.75) is 19.6 Å². The molecule has 0 aromatic heterocycles. The molecule has 5 nitrogen and oxygen atoms in total. The van der Waals surface area contributed by atoms with Gasteiger partial charge in [-0.1, -0.05) is 36.4 Å². The molecule has 0 bridgehead atoms. The Morgan fingerprint density at radius 3 is 2.50 bits per heavy atom. The maximum absolute atomic E-state index is 12.7. The third-order valence-corrected chi connectivity index (χ3v) is 3.60. The second-order valence-corrected chi connectivity index (χ2v) is 5.41. The Bertz CT molecular complexity index is 645. The maximum atomic E-state index is 12.7. The zero-order valence-corrected chi connectivity index (χ0v) is 14.0. The molecule has 0 spiro atoms. The molecular formula is C19H23NO4. The molecule has 2 rings (SSSR count). The van der Waals surface area contributed by atoms with Gasteiger partial charge in [0.2, 0.25) is 0 Å². The van der Waals surface area contributed by atoms with Crippen molar-refractivity contribution in [3.8, 4) is 11.5 Å². The van der Waals surface area contributed by atoms with Crippen molar-refractivity contribution in [3.05, 3.63) is 60.2 Å². The molecule has 0 radical (unpaired) electrons. The average molecular weight is 329 g/mol. The number of amides is 1. The van der Waals surface area contributed by atoms with E-state index in [1.54, 1.807) is 37.1 Å². The van der Waals surface area contributed by atoms with E-state index in [4.69, 9.17) is 9.47 Å². The summed E-state index contributed by atoms with van der Waals surface area (Å²) in [6.45, 7) is 2.31. The summed E-state index contributed by atoms with van der Waals surface area (Å²) in [4.78, 5) is 14.3. The van der Waals surface area contributed by atoms with Crippen LogP contribution >= 0.6 is 0 Å². The third kappa shape index (κ3) is 4.99. The Hall–Kier alpha value is -2.53. The third-order valence-electron chi connectivity index (χ3n) is 3.60. The van der Waals surface area contributed by atoms with Crippen LogP contribution in [0.3, 0.4) is 0 Å². The SMILES string of the molecule is COc1cccc(OC(C)C(=O)N(CCO)Cc2ccccc2)c1. The normalized spacial score (nSPS) is 11.6. The van der Waals surface area contributed by atoms with Crippen molar-refractivity contribution in [3.63, 3.8) is 0 Å². The Morgan fingerprint density at radius 1 is 1.12 bits per heavy atom. The lowest BCUT2D eigenvalue weighted by atomic mass is 10.2. The fourth-order valence-electron chi connectivity index (χ4n) is 2.38. The zero-order valence-electron chi connectivity index (χ0n) is 14.0. The highest BCUT2D eigenvalue weighted by molar-refractivity contribution is 5.81. The first-order valence-corrected chi connectivity index (χ1v) is 7.88. The zero-order chi connectivity index (χ0) is 17.4. The van der Waals surface area contributed by atoms with Gasteiger partial charge < -0.3 is 19.5 Å². The average Bonchev–Trinajstić information content (AvgIpc) is 2.61. The van der Waals surface area contributed by atoms with Gasteiger partial charge in [0, 0.05) is 19.2 Å². The molecular weight excluding hydrogens is 306 g/mol. The van der Waals surface area contributed by atoms with Crippen LogP contribution in [-0.4, -0.2) is 42.3 Å². The molecule has 24 heavy (non-hydrogen) atoms. The predicted molar refractivity (Wildman–Crippen MR) is 92.0 cm³/mol. The first-order valence-electron chi connectivity index (χ1n) is 7.88. The minimum Gasteiger partial charge on any atom is -0.497 e. The summed E-state index contributed by atoms with van der Waals surface area (Å²) < 4.78 is 10.9. The minimum atomic E-state index is -0.660. The number of hydrogen-bond donors (Lipinski definition) is 1. The molecule has 0 aliphatic carbocycles. The first kappa shape index (κ1) is 17.8. The van der Waals surface area contributed by atoms with Crippen LogP contribution in [0.5, 0.6) is 11.5 Å². The lowest BCUT2D eigenvalue weighted by Gasteiger charge is -2.25. The molecule has 0 saturated carbocycles. The van der Waals surface area contributed by atoms with Crippen LogP contribution in [0.1, 0.15) is 12.5 Å². The standard InChI is InChI=1S/C19H23NO4/c1-15(24-18-10-6-9-17(13-18)23-2)19(22)20(11-12-21)14-16-7-4-3-5-8-16/h3-10,13,15,21H,11-12,14H2,1-2H3. The van der Waals surface area contributed by atoms with E-state index in [0.29, 0.717) is 18.0 Å². The molecule has 0 aliphatic rings. The topological polar surface area (TPSA) is 59.0 Å². The highest BCUT2D eigenvalue weighted by atomic mass is 16.5. The highest BCUT2D eigenvalue weighted by Gasteiger charge is 2.22. The number of benzene rings is 2. The van der Waals surface area contributed by atoms with Gasteiger partial charge in [-0.2, -0.15) is 0 Å². The van der Waals surface area contributed by atoms with E-state index >= 15 is 0 Å². The van der Waals surface area contributed by atoms with E-state index in [2.05, 4.69) is 0 Å². The first-order chi connectivity index (χ1) is 11.6. The molecule has 0 heterocycles. The summed E-state index contributed by atoms with van der Waals surface area (Å²) in [5.41, 5.74) is 1.01. The van der Waals surface area contributed by atoms with Crippen LogP contribution < -0.4 is 9.47 Å². The van der Waals surface area contributed by atoms with Crippen LogP contribution in [0.25, 0.3) is 0 Å². The molecule has 1 atom stereocenters. The smallest absolute Gasteiger partial charge is 0.263 e. The second kappa shape index (κ2) is 8.93. The van der Waals surface area contributed by atoms with Crippen LogP contribution in [-0.2, 0) is 11.3 Å². The Balaban J connectivity index is 2.04. The molecule has 2 aromatic carbocycles. The van der Waals surface area contributed by atoms with Gasteiger partial charge in [-0.15, -0.1) is 0 Å². The van der Waals surface area contributed by atoms with Gasteiger partial charge in [0.25, 0.3) is 5.91 Å². The molecule has 1 N–H and O–H groups in total. The van der Waals surface area contributed by atoms with Crippen LogP contribution in [0, 0.1) is 0 Å². The van der Waals surface area contributed by atoms with Crippen molar-refractivity contribution in [1.29, 1.82) is 0 Å². The Morgan fingerprint density at radius 2 is 1.83 bits per heavy atom. The van der Waals surface area contributed by atoms with E-state index in [1.165, 1.54) is 0 Å². The van der Waals surface area contributed by atoms with Crippen molar-refractivity contribution < 1.29 is 19.4 Å². The molecule has 1 amide bonds. The number of ether oxygens (including phenoxy) is 2.